The van der Waals surface area contributed by atoms with Gasteiger partial charge in [-0.2, -0.15) is 0 Å². The Bertz CT molecular complexity index is 557. The zero-order valence-corrected chi connectivity index (χ0v) is 13.8. The summed E-state index contributed by atoms with van der Waals surface area (Å²) < 4.78 is 14.9. The van der Waals surface area contributed by atoms with Crippen LogP contribution in [0.4, 0.5) is 0 Å². The Balaban J connectivity index is -0.000000320. The molecule has 0 saturated carbocycles. The van der Waals surface area contributed by atoms with Crippen molar-refractivity contribution in [1.82, 2.24) is 0 Å². The Labute approximate surface area is 178 Å². The molecule has 7 heteroatoms. The van der Waals surface area contributed by atoms with E-state index < -0.39 is 40.8 Å². The van der Waals surface area contributed by atoms with Crippen LogP contribution in [0.15, 0.2) is 0 Å². The summed E-state index contributed by atoms with van der Waals surface area (Å²) in [7, 11) is 1.24. The maximum atomic E-state index is 12.3. The minimum absolute atomic E-state index is 0. The van der Waals surface area contributed by atoms with Gasteiger partial charge in [0.25, 0.3) is 0 Å². The fourth-order valence-electron chi connectivity index (χ4n) is 3.47. The van der Waals surface area contributed by atoms with Gasteiger partial charge in [0.2, 0.25) is 0 Å². The van der Waals surface area contributed by atoms with Gasteiger partial charge >= 0.3 is 23.9 Å². The van der Waals surface area contributed by atoms with Gasteiger partial charge in [-0.15, -0.1) is 0 Å². The number of cyclic esters (lactones) is 3. The lowest BCUT2D eigenvalue weighted by Crippen LogP contribution is -2.43. The monoisotopic (exact) mass is 422 g/mol. The summed E-state index contributed by atoms with van der Waals surface area (Å²) in [6.45, 7) is 4.97. The first-order valence-electron chi connectivity index (χ1n) is 7.69. The van der Waals surface area contributed by atoms with Crippen LogP contribution in [0.25, 0.3) is 0 Å². The molecule has 7 nitrogen and oxygen atoms in total. The molecule has 176 valence electrons. The van der Waals surface area contributed by atoms with Crippen molar-refractivity contribution < 1.29 is 33.4 Å². The van der Waals surface area contributed by atoms with E-state index in [1.165, 1.54) is 7.11 Å². The second-order valence-electron chi connectivity index (χ2n) is 6.84. The van der Waals surface area contributed by atoms with E-state index in [0.29, 0.717) is 19.3 Å². The number of ether oxygens (including phenoxy) is 3. The predicted octanol–water partition coefficient (Wildman–Crippen LogP) is 5.19. The van der Waals surface area contributed by atoms with Crippen molar-refractivity contribution in [3.63, 3.8) is 0 Å². The summed E-state index contributed by atoms with van der Waals surface area (Å²) in [4.78, 5) is 47.4. The van der Waals surface area contributed by atoms with Gasteiger partial charge in [0.1, 0.15) is 5.60 Å². The van der Waals surface area contributed by atoms with Crippen molar-refractivity contribution in [3.05, 3.63) is 0 Å². The quantitative estimate of drug-likeness (QED) is 0.341. The molecule has 0 aromatic rings. The molecule has 2 aliphatic heterocycles. The number of methoxy groups -OCH3 is 1. The summed E-state index contributed by atoms with van der Waals surface area (Å²) >= 11 is 0. The molecule has 4 unspecified atom stereocenters. The molecule has 2 heterocycles. The summed E-state index contributed by atoms with van der Waals surface area (Å²) in [5.41, 5.74) is -1.88. The van der Waals surface area contributed by atoms with Crippen LogP contribution in [0, 0.1) is 17.3 Å². The van der Waals surface area contributed by atoms with Gasteiger partial charge in [-0.05, 0) is 33.1 Å². The fourth-order valence-corrected chi connectivity index (χ4v) is 3.47. The van der Waals surface area contributed by atoms with Gasteiger partial charge in [0.05, 0.1) is 24.4 Å². The zero-order chi connectivity index (χ0) is 17.4. The molecular weight excluding hydrogens is 376 g/mol. The van der Waals surface area contributed by atoms with Crippen molar-refractivity contribution in [2.45, 2.75) is 96.6 Å². The Morgan fingerprint density at radius 3 is 1.97 bits per heavy atom. The van der Waals surface area contributed by atoms with Crippen LogP contribution >= 0.6 is 0 Å². The summed E-state index contributed by atoms with van der Waals surface area (Å²) in [5, 5.41) is 0. The maximum Gasteiger partial charge on any atom is 0.318 e. The molecular formula is C22H46O7. The van der Waals surface area contributed by atoms with E-state index >= 15 is 0 Å². The summed E-state index contributed by atoms with van der Waals surface area (Å²) in [5.74, 6) is -3.80. The zero-order valence-electron chi connectivity index (χ0n) is 13.8. The molecule has 0 aromatic carbocycles. The Morgan fingerprint density at radius 2 is 1.62 bits per heavy atom. The van der Waals surface area contributed by atoms with Crippen molar-refractivity contribution in [2.75, 3.05) is 7.11 Å². The molecule has 2 saturated heterocycles. The third-order valence-corrected chi connectivity index (χ3v) is 5.06. The van der Waals surface area contributed by atoms with E-state index in [1.807, 2.05) is 0 Å². The number of carbonyl (C=O) groups is 4. The second-order valence-corrected chi connectivity index (χ2v) is 6.84. The van der Waals surface area contributed by atoms with Crippen LogP contribution in [0.2, 0.25) is 0 Å². The standard InChI is InChI=1S/C16H22O7.6CH4/c1-9-11(13(19)22-12(9)18)16(3,14(20)21-4)8-7-15(2)6-5-10(17)23-15;;;;;;/h9,11H,5-8H2,1-4H3;6*1H4. The average molecular weight is 423 g/mol. The van der Waals surface area contributed by atoms with Crippen molar-refractivity contribution in [3.8, 4) is 0 Å². The fraction of sp³-hybridized carbons (Fsp3) is 0.818. The minimum Gasteiger partial charge on any atom is -0.469 e. The van der Waals surface area contributed by atoms with Crippen LogP contribution in [-0.2, 0) is 33.4 Å². The molecule has 0 amide bonds. The summed E-state index contributed by atoms with van der Waals surface area (Å²) in [6, 6.07) is 0. The maximum absolute atomic E-state index is 12.3. The van der Waals surface area contributed by atoms with Crippen LogP contribution < -0.4 is 0 Å². The largest absolute Gasteiger partial charge is 0.469 e. The SMILES string of the molecule is C.C.C.C.C.C.COC(=O)C(C)(CCC1(C)CCC(=O)O1)C1C(=O)OC(=O)C1C. The third kappa shape index (κ3) is 7.12. The molecule has 0 radical (unpaired) electrons. The van der Waals surface area contributed by atoms with Gasteiger partial charge in [0, 0.05) is 6.42 Å². The molecule has 0 N–H and O–H groups in total. The normalized spacial score (nSPS) is 26.3. The summed E-state index contributed by atoms with van der Waals surface area (Å²) in [6.07, 6.45) is 1.55. The number of carbonyl (C=O) groups excluding carboxylic acids is 4. The molecule has 0 spiro atoms. The molecule has 0 aromatic heterocycles. The van der Waals surface area contributed by atoms with Crippen LogP contribution in [0.5, 0.6) is 0 Å². The highest BCUT2D eigenvalue weighted by Crippen LogP contribution is 2.45. The van der Waals surface area contributed by atoms with E-state index in [4.69, 9.17) is 9.47 Å². The van der Waals surface area contributed by atoms with E-state index in [-0.39, 0.29) is 57.0 Å². The van der Waals surface area contributed by atoms with Gasteiger partial charge in [-0.25, -0.2) is 0 Å². The number of hydrogen-bond donors (Lipinski definition) is 0. The number of rotatable bonds is 5. The lowest BCUT2D eigenvalue weighted by atomic mass is 9.68. The highest BCUT2D eigenvalue weighted by molar-refractivity contribution is 5.99. The lowest BCUT2D eigenvalue weighted by molar-refractivity contribution is -0.165. The Hall–Kier alpha value is -1.92. The second kappa shape index (κ2) is 13.3. The van der Waals surface area contributed by atoms with E-state index in [2.05, 4.69) is 4.74 Å². The molecule has 0 bridgehead atoms. The topological polar surface area (TPSA) is 96.0 Å². The third-order valence-electron chi connectivity index (χ3n) is 5.06. The van der Waals surface area contributed by atoms with Crippen LogP contribution in [-0.4, -0.2) is 36.6 Å². The predicted molar refractivity (Wildman–Crippen MR) is 117 cm³/mol. The van der Waals surface area contributed by atoms with Crippen LogP contribution in [0.3, 0.4) is 0 Å². The first-order valence-corrected chi connectivity index (χ1v) is 7.69. The van der Waals surface area contributed by atoms with E-state index in [0.717, 1.165) is 0 Å². The van der Waals surface area contributed by atoms with Gasteiger partial charge < -0.3 is 14.2 Å². The molecule has 2 fully saturated rings. The highest BCUT2D eigenvalue weighted by Gasteiger charge is 2.56. The van der Waals surface area contributed by atoms with Crippen molar-refractivity contribution in [2.24, 2.45) is 17.3 Å². The first-order chi connectivity index (χ1) is 10.6. The highest BCUT2D eigenvalue weighted by atomic mass is 16.6. The number of esters is 4. The molecule has 0 aliphatic carbocycles. The van der Waals surface area contributed by atoms with Gasteiger partial charge in [-0.1, -0.05) is 51.5 Å². The van der Waals surface area contributed by atoms with Gasteiger partial charge in [-0.3, -0.25) is 19.2 Å². The molecule has 29 heavy (non-hydrogen) atoms. The van der Waals surface area contributed by atoms with E-state index in [1.54, 1.807) is 20.8 Å². The van der Waals surface area contributed by atoms with Crippen molar-refractivity contribution in [1.29, 1.82) is 0 Å². The smallest absolute Gasteiger partial charge is 0.318 e. The van der Waals surface area contributed by atoms with Gasteiger partial charge in [0.15, 0.2) is 0 Å². The first kappa shape index (κ1) is 37.8. The molecule has 2 rings (SSSR count). The van der Waals surface area contributed by atoms with Crippen molar-refractivity contribution >= 4 is 23.9 Å². The Morgan fingerprint density at radius 1 is 1.10 bits per heavy atom. The molecule has 4 atom stereocenters. The number of hydrogen-bond acceptors (Lipinski definition) is 7. The molecule has 2 aliphatic rings. The van der Waals surface area contributed by atoms with Crippen LogP contribution in [0.1, 0.15) is 91.0 Å². The minimum atomic E-state index is -1.21. The average Bonchev–Trinajstić information content (AvgIpc) is 2.96. The Kier molecular flexibility index (Phi) is 17.4. The van der Waals surface area contributed by atoms with E-state index in [9.17, 15) is 19.2 Å². The lowest BCUT2D eigenvalue weighted by Gasteiger charge is -2.34.